The van der Waals surface area contributed by atoms with Gasteiger partial charge in [-0.2, -0.15) is 0 Å². The number of nitro groups is 1. The highest BCUT2D eigenvalue weighted by Gasteiger charge is 2.48. The number of rotatable bonds is 11. The van der Waals surface area contributed by atoms with Gasteiger partial charge in [0, 0.05) is 17.7 Å². The molecule has 0 radical (unpaired) electrons. The van der Waals surface area contributed by atoms with E-state index in [4.69, 9.17) is 9.47 Å². The lowest BCUT2D eigenvalue weighted by Gasteiger charge is -2.22. The number of Topliss-reactive ketones (excluding diaryl/α,β-unsaturated/α-hetero) is 1. The zero-order valence-corrected chi connectivity index (χ0v) is 23.2. The van der Waals surface area contributed by atoms with Gasteiger partial charge in [0.05, 0.1) is 28.8 Å². The van der Waals surface area contributed by atoms with Crippen molar-refractivity contribution in [2.75, 3.05) is 18.1 Å². The molecular formula is C29H27N3O8S. The molecule has 2 aromatic carbocycles. The molecule has 3 aromatic rings. The molecule has 0 aliphatic carbocycles. The highest BCUT2D eigenvalue weighted by atomic mass is 32.1. The molecule has 2 heterocycles. The summed E-state index contributed by atoms with van der Waals surface area (Å²) in [5.74, 6) is -2.61. The van der Waals surface area contributed by atoms with E-state index < -0.39 is 34.4 Å². The summed E-state index contributed by atoms with van der Waals surface area (Å²) in [6.45, 7) is 7.59. The zero-order valence-electron chi connectivity index (χ0n) is 22.4. The molecule has 1 aliphatic rings. The topological polar surface area (TPSA) is 149 Å². The van der Waals surface area contributed by atoms with Gasteiger partial charge >= 0.3 is 11.9 Å². The lowest BCUT2D eigenvalue weighted by atomic mass is 9.95. The number of ether oxygens (including phenoxy) is 2. The number of benzene rings is 2. The predicted molar refractivity (Wildman–Crippen MR) is 152 cm³/mol. The van der Waals surface area contributed by atoms with Crippen LogP contribution in [0.15, 0.2) is 66.8 Å². The Hall–Kier alpha value is -4.84. The lowest BCUT2D eigenvalue weighted by Crippen LogP contribution is -2.29. The predicted octanol–water partition coefficient (Wildman–Crippen LogP) is 5.51. The highest BCUT2D eigenvalue weighted by molar-refractivity contribution is 7.17. The SMILES string of the molecule is C=CCOC(=O)c1sc(N2C(=O)C(=O)/C(=C(/O)c3ccc(OCCCC)cc3)C2c2cccc([N+](=O)[O-])c2)nc1C. The average molecular weight is 578 g/mol. The minimum Gasteiger partial charge on any atom is -0.507 e. The average Bonchev–Trinajstić information content (AvgIpc) is 3.48. The fraction of sp³-hybridized carbons (Fsp3) is 0.241. The lowest BCUT2D eigenvalue weighted by molar-refractivity contribution is -0.384. The van der Waals surface area contributed by atoms with E-state index in [1.165, 1.54) is 30.3 Å². The van der Waals surface area contributed by atoms with Gasteiger partial charge in [-0.05, 0) is 43.2 Å². The number of carbonyl (C=O) groups is 3. The van der Waals surface area contributed by atoms with Gasteiger partial charge in [0.1, 0.15) is 23.0 Å². The maximum absolute atomic E-state index is 13.4. The fourth-order valence-corrected chi connectivity index (χ4v) is 5.21. The van der Waals surface area contributed by atoms with Crippen LogP contribution in [0.1, 0.15) is 52.3 Å². The van der Waals surface area contributed by atoms with Gasteiger partial charge in [-0.1, -0.05) is 49.5 Å². The van der Waals surface area contributed by atoms with Gasteiger partial charge in [0.25, 0.3) is 11.5 Å². The van der Waals surface area contributed by atoms with Crippen LogP contribution in [0, 0.1) is 17.0 Å². The van der Waals surface area contributed by atoms with Crippen molar-refractivity contribution in [1.29, 1.82) is 0 Å². The van der Waals surface area contributed by atoms with Crippen LogP contribution < -0.4 is 9.64 Å². The van der Waals surface area contributed by atoms with Crippen LogP contribution in [0.3, 0.4) is 0 Å². The Morgan fingerprint density at radius 1 is 1.24 bits per heavy atom. The Balaban J connectivity index is 1.83. The third-order valence-electron chi connectivity index (χ3n) is 6.24. The molecule has 1 amide bonds. The van der Waals surface area contributed by atoms with Crippen molar-refractivity contribution in [2.24, 2.45) is 0 Å². The quantitative estimate of drug-likeness (QED) is 0.0455. The van der Waals surface area contributed by atoms with Crippen molar-refractivity contribution < 1.29 is 33.9 Å². The second-order valence-electron chi connectivity index (χ2n) is 9.05. The van der Waals surface area contributed by atoms with E-state index in [2.05, 4.69) is 11.6 Å². The van der Waals surface area contributed by atoms with Crippen LogP contribution in [-0.4, -0.2) is 45.9 Å². The van der Waals surface area contributed by atoms with E-state index >= 15 is 0 Å². The van der Waals surface area contributed by atoms with E-state index in [0.29, 0.717) is 12.4 Å². The number of aliphatic hydroxyl groups is 1. The number of non-ortho nitro benzene ring substituents is 1. The molecule has 1 atom stereocenters. The van der Waals surface area contributed by atoms with Gasteiger partial charge < -0.3 is 14.6 Å². The van der Waals surface area contributed by atoms with E-state index in [9.17, 15) is 29.6 Å². The third kappa shape index (κ3) is 6.02. The summed E-state index contributed by atoms with van der Waals surface area (Å²) in [5.41, 5.74) is 0.148. The van der Waals surface area contributed by atoms with Gasteiger partial charge in [-0.3, -0.25) is 24.6 Å². The van der Waals surface area contributed by atoms with Crippen LogP contribution in [0.25, 0.3) is 5.76 Å². The van der Waals surface area contributed by atoms with E-state index in [1.807, 2.05) is 6.92 Å². The van der Waals surface area contributed by atoms with Crippen LogP contribution in [-0.2, 0) is 14.3 Å². The second kappa shape index (κ2) is 12.6. The summed E-state index contributed by atoms with van der Waals surface area (Å²) in [4.78, 5) is 55.8. The maximum Gasteiger partial charge on any atom is 0.350 e. The van der Waals surface area contributed by atoms with Crippen molar-refractivity contribution in [3.8, 4) is 5.75 Å². The van der Waals surface area contributed by atoms with Crippen molar-refractivity contribution in [2.45, 2.75) is 32.7 Å². The number of aromatic nitrogens is 1. The number of hydrogen-bond acceptors (Lipinski definition) is 10. The maximum atomic E-state index is 13.4. The molecule has 41 heavy (non-hydrogen) atoms. The summed E-state index contributed by atoms with van der Waals surface area (Å²) < 4.78 is 10.8. The number of carbonyl (C=O) groups excluding carboxylic acids is 3. The Morgan fingerprint density at radius 2 is 1.98 bits per heavy atom. The molecule has 11 nitrogen and oxygen atoms in total. The number of amides is 1. The number of hydrogen-bond donors (Lipinski definition) is 1. The van der Waals surface area contributed by atoms with Crippen molar-refractivity contribution >= 4 is 45.6 Å². The summed E-state index contributed by atoms with van der Waals surface area (Å²) in [7, 11) is 0. The molecular weight excluding hydrogens is 550 g/mol. The number of ketones is 1. The third-order valence-corrected chi connectivity index (χ3v) is 7.38. The minimum atomic E-state index is -1.27. The minimum absolute atomic E-state index is 0.00891. The van der Waals surface area contributed by atoms with Gasteiger partial charge in [-0.25, -0.2) is 9.78 Å². The molecule has 0 bridgehead atoms. The van der Waals surface area contributed by atoms with Crippen molar-refractivity contribution in [1.82, 2.24) is 4.98 Å². The normalized spacial score (nSPS) is 16.0. The standard InChI is InChI=1S/C29H27N3O8S/c1-4-6-15-39-21-12-10-18(11-13-21)24(33)22-23(19-8-7-9-20(16-19)32(37)38)31(27(35)25(22)34)29-30-17(3)26(41-29)28(36)40-14-5-2/h5,7-13,16,23,33H,2,4,6,14-15H2,1,3H3/b24-22+. The summed E-state index contributed by atoms with van der Waals surface area (Å²) >= 11 is 0.829. The van der Waals surface area contributed by atoms with Crippen molar-refractivity contribution in [3.63, 3.8) is 0 Å². The first-order chi connectivity index (χ1) is 19.7. The molecule has 1 fully saturated rings. The number of aryl methyl sites for hydroxylation is 1. The number of nitro benzene ring substituents is 1. The smallest absolute Gasteiger partial charge is 0.350 e. The first-order valence-corrected chi connectivity index (χ1v) is 13.5. The number of anilines is 1. The monoisotopic (exact) mass is 577 g/mol. The molecule has 0 saturated carbocycles. The fourth-order valence-electron chi connectivity index (χ4n) is 4.23. The Morgan fingerprint density at radius 3 is 2.63 bits per heavy atom. The highest BCUT2D eigenvalue weighted by Crippen LogP contribution is 2.44. The number of esters is 1. The molecule has 1 aliphatic heterocycles. The Kier molecular flexibility index (Phi) is 8.93. The van der Waals surface area contributed by atoms with Gasteiger partial charge in [-0.15, -0.1) is 0 Å². The number of unbranched alkanes of at least 4 members (excludes halogenated alkanes) is 1. The number of thiazole rings is 1. The molecule has 212 valence electrons. The zero-order chi connectivity index (χ0) is 29.7. The Bertz CT molecular complexity index is 1540. The van der Waals surface area contributed by atoms with Crippen molar-refractivity contribution in [3.05, 3.63) is 98.6 Å². The summed E-state index contributed by atoms with van der Waals surface area (Å²) in [6, 6.07) is 10.5. The summed E-state index contributed by atoms with van der Waals surface area (Å²) in [5, 5.41) is 22.9. The van der Waals surface area contributed by atoms with Gasteiger partial charge in [0.2, 0.25) is 0 Å². The first-order valence-electron chi connectivity index (χ1n) is 12.7. The largest absolute Gasteiger partial charge is 0.507 e. The second-order valence-corrected chi connectivity index (χ2v) is 10.0. The van der Waals surface area contributed by atoms with Gasteiger partial charge in [0.15, 0.2) is 5.13 Å². The number of aliphatic hydroxyl groups excluding tert-OH is 1. The molecule has 0 spiro atoms. The molecule has 1 aromatic heterocycles. The molecule has 4 rings (SSSR count). The molecule has 1 saturated heterocycles. The van der Waals surface area contributed by atoms with Crippen LogP contribution >= 0.6 is 11.3 Å². The number of nitrogens with zero attached hydrogens (tertiary/aromatic N) is 3. The molecule has 1 unspecified atom stereocenters. The summed E-state index contributed by atoms with van der Waals surface area (Å²) in [6.07, 6.45) is 3.24. The molecule has 1 N–H and O–H groups in total. The van der Waals surface area contributed by atoms with Crippen LogP contribution in [0.2, 0.25) is 0 Å². The van der Waals surface area contributed by atoms with Crippen LogP contribution in [0.5, 0.6) is 5.75 Å². The van der Waals surface area contributed by atoms with Crippen LogP contribution in [0.4, 0.5) is 10.8 Å². The van der Waals surface area contributed by atoms with E-state index in [-0.39, 0.29) is 44.7 Å². The van der Waals surface area contributed by atoms with E-state index in [1.54, 1.807) is 31.2 Å². The molecule has 12 heteroatoms. The Labute approximate surface area is 239 Å². The van der Waals surface area contributed by atoms with E-state index in [0.717, 1.165) is 29.1 Å². The first kappa shape index (κ1) is 29.2.